The summed E-state index contributed by atoms with van der Waals surface area (Å²) in [6, 6.07) is 7.41. The first kappa shape index (κ1) is 18.8. The molecule has 0 N–H and O–H groups in total. The number of benzene rings is 2. The molecule has 0 atom stereocenters. The average molecular weight is 401 g/mol. The number of hydrogen-bond acceptors (Lipinski definition) is 3. The molecule has 138 valence electrons. The summed E-state index contributed by atoms with van der Waals surface area (Å²) in [5.41, 5.74) is 0.396. The quantitative estimate of drug-likeness (QED) is 0.793. The zero-order valence-corrected chi connectivity index (χ0v) is 15.3. The van der Waals surface area contributed by atoms with Crippen molar-refractivity contribution in [2.75, 3.05) is 25.0 Å². The largest absolute Gasteiger partial charge is 0.310 e. The highest BCUT2D eigenvalue weighted by Crippen LogP contribution is 2.31. The maximum absolute atomic E-state index is 13.8. The van der Waals surface area contributed by atoms with Gasteiger partial charge in [0, 0.05) is 30.2 Å². The molecule has 26 heavy (non-hydrogen) atoms. The van der Waals surface area contributed by atoms with Gasteiger partial charge in [-0.3, -0.25) is 4.79 Å². The number of nitrogens with zero attached hydrogens (tertiary/aromatic N) is 2. The van der Waals surface area contributed by atoms with Gasteiger partial charge in [0.25, 0.3) is 0 Å². The molecule has 0 unspecified atom stereocenters. The summed E-state index contributed by atoms with van der Waals surface area (Å²) in [7, 11) is -2.63. The van der Waals surface area contributed by atoms with E-state index in [-0.39, 0.29) is 29.1 Å². The van der Waals surface area contributed by atoms with Gasteiger partial charge in [0.2, 0.25) is 15.9 Å². The topological polar surface area (TPSA) is 57.7 Å². The Morgan fingerprint density at radius 2 is 1.88 bits per heavy atom. The maximum atomic E-state index is 13.8. The van der Waals surface area contributed by atoms with Crippen molar-refractivity contribution in [3.05, 3.63) is 58.6 Å². The average Bonchev–Trinajstić information content (AvgIpc) is 2.99. The van der Waals surface area contributed by atoms with Crippen LogP contribution in [0.3, 0.4) is 0 Å². The molecule has 1 amide bonds. The molecular weight excluding hydrogens is 386 g/mol. The lowest BCUT2D eigenvalue weighted by molar-refractivity contribution is -0.118. The van der Waals surface area contributed by atoms with Gasteiger partial charge >= 0.3 is 0 Å². The Hall–Kier alpha value is -2.03. The summed E-state index contributed by atoms with van der Waals surface area (Å²) < 4.78 is 53.2. The molecule has 0 bridgehead atoms. The molecule has 0 saturated carbocycles. The smallest absolute Gasteiger partial charge is 0.243 e. The molecule has 0 fully saturated rings. The molecular formula is C17H15ClF2N2O3S. The second-order valence-electron chi connectivity index (χ2n) is 5.90. The van der Waals surface area contributed by atoms with Crippen molar-refractivity contribution in [2.45, 2.75) is 11.3 Å². The van der Waals surface area contributed by atoms with Crippen LogP contribution in [-0.2, 0) is 21.2 Å². The minimum absolute atomic E-state index is 0.00360. The van der Waals surface area contributed by atoms with Crippen molar-refractivity contribution in [3.8, 4) is 0 Å². The molecule has 0 spiro atoms. The summed E-state index contributed by atoms with van der Waals surface area (Å²) in [5.74, 6) is -2.06. The summed E-state index contributed by atoms with van der Waals surface area (Å²) >= 11 is 5.75. The van der Waals surface area contributed by atoms with E-state index in [0.29, 0.717) is 5.02 Å². The van der Waals surface area contributed by atoms with Crippen LogP contribution in [-0.4, -0.2) is 38.8 Å². The molecule has 0 aromatic heterocycles. The first-order valence-corrected chi connectivity index (χ1v) is 9.52. The van der Waals surface area contributed by atoms with Gasteiger partial charge < -0.3 is 4.90 Å². The number of likely N-dealkylation sites (N-methyl/N-ethyl adjacent to an activating group) is 1. The first-order chi connectivity index (χ1) is 12.2. The van der Waals surface area contributed by atoms with E-state index in [1.54, 1.807) is 0 Å². The van der Waals surface area contributed by atoms with Gasteiger partial charge in [-0.25, -0.2) is 17.2 Å². The van der Waals surface area contributed by atoms with Gasteiger partial charge in [-0.15, -0.1) is 0 Å². The van der Waals surface area contributed by atoms with E-state index in [2.05, 4.69) is 0 Å². The molecule has 1 aliphatic heterocycles. The number of halogens is 3. The van der Waals surface area contributed by atoms with Crippen LogP contribution in [0.15, 0.2) is 41.3 Å². The Balaban J connectivity index is 1.80. The molecule has 5 nitrogen and oxygen atoms in total. The van der Waals surface area contributed by atoms with E-state index in [1.807, 2.05) is 0 Å². The zero-order chi connectivity index (χ0) is 19.1. The molecule has 0 saturated heterocycles. The van der Waals surface area contributed by atoms with Gasteiger partial charge in [-0.1, -0.05) is 11.6 Å². The molecule has 1 heterocycles. The van der Waals surface area contributed by atoms with E-state index in [4.69, 9.17) is 11.6 Å². The number of sulfonamides is 1. The Labute approximate surface area is 154 Å². The number of amides is 1. The van der Waals surface area contributed by atoms with Crippen LogP contribution in [0.2, 0.25) is 5.02 Å². The summed E-state index contributed by atoms with van der Waals surface area (Å²) in [6.45, 7) is -0.286. The van der Waals surface area contributed by atoms with E-state index in [1.165, 1.54) is 36.2 Å². The van der Waals surface area contributed by atoms with E-state index >= 15 is 0 Å². The molecule has 9 heteroatoms. The normalized spacial score (nSPS) is 14.0. The summed E-state index contributed by atoms with van der Waals surface area (Å²) in [6.07, 6.45) is 0.251. The van der Waals surface area contributed by atoms with Crippen LogP contribution < -0.4 is 4.90 Å². The number of anilines is 1. The third kappa shape index (κ3) is 3.44. The third-order valence-corrected chi connectivity index (χ3v) is 6.26. The highest BCUT2D eigenvalue weighted by molar-refractivity contribution is 7.89. The molecule has 1 aliphatic rings. The fourth-order valence-corrected chi connectivity index (χ4v) is 4.07. The molecule has 0 radical (unpaired) electrons. The lowest BCUT2D eigenvalue weighted by Crippen LogP contribution is -2.40. The van der Waals surface area contributed by atoms with E-state index in [9.17, 15) is 22.0 Å². The Bertz CT molecular complexity index is 965. The molecule has 3 rings (SSSR count). The summed E-state index contributed by atoms with van der Waals surface area (Å²) in [5, 5.41) is 0.389. The lowest BCUT2D eigenvalue weighted by atomic mass is 10.1. The molecule has 2 aromatic carbocycles. The third-order valence-electron chi connectivity index (χ3n) is 4.19. The number of rotatable bonds is 4. The van der Waals surface area contributed by atoms with Crippen LogP contribution in [0, 0.1) is 11.6 Å². The first-order valence-electron chi connectivity index (χ1n) is 7.70. The second kappa shape index (κ2) is 6.94. The monoisotopic (exact) mass is 400 g/mol. The Kier molecular flexibility index (Phi) is 5.01. The zero-order valence-electron chi connectivity index (χ0n) is 13.7. The molecule has 2 aromatic rings. The van der Waals surface area contributed by atoms with Crippen LogP contribution >= 0.6 is 11.6 Å². The number of hydrogen-bond donors (Lipinski definition) is 0. The predicted molar refractivity (Wildman–Crippen MR) is 93.7 cm³/mol. The lowest BCUT2D eigenvalue weighted by Gasteiger charge is -2.22. The van der Waals surface area contributed by atoms with Crippen molar-refractivity contribution in [1.29, 1.82) is 0 Å². The number of fused-ring (bicyclic) bond motifs is 1. The highest BCUT2D eigenvalue weighted by Gasteiger charge is 2.31. The van der Waals surface area contributed by atoms with Crippen molar-refractivity contribution < 1.29 is 22.0 Å². The van der Waals surface area contributed by atoms with Crippen LogP contribution in [0.5, 0.6) is 0 Å². The van der Waals surface area contributed by atoms with Crippen molar-refractivity contribution in [3.63, 3.8) is 0 Å². The Morgan fingerprint density at radius 1 is 1.23 bits per heavy atom. The fraction of sp³-hybridized carbons (Fsp3) is 0.235. The Morgan fingerprint density at radius 3 is 2.54 bits per heavy atom. The van der Waals surface area contributed by atoms with Gasteiger partial charge in [0.05, 0.1) is 17.1 Å². The summed E-state index contributed by atoms with van der Waals surface area (Å²) in [4.78, 5) is 13.7. The van der Waals surface area contributed by atoms with Gasteiger partial charge in [-0.05, 0) is 36.8 Å². The van der Waals surface area contributed by atoms with Gasteiger partial charge in [-0.2, -0.15) is 4.31 Å². The standard InChI is InChI=1S/C17H15ClF2N2O3S/c1-21(26(24,25)13-4-2-11(18)3-5-13)10-17(23)22-7-6-14-15(20)8-12(19)9-16(14)22/h2-5,8-9H,6-7,10H2,1H3. The van der Waals surface area contributed by atoms with Crippen LogP contribution in [0.25, 0.3) is 0 Å². The molecule has 0 aliphatic carbocycles. The fourth-order valence-electron chi connectivity index (χ4n) is 2.83. The number of carbonyl (C=O) groups is 1. The highest BCUT2D eigenvalue weighted by atomic mass is 35.5. The van der Waals surface area contributed by atoms with Crippen molar-refractivity contribution >= 4 is 33.2 Å². The van der Waals surface area contributed by atoms with Gasteiger partial charge in [0.1, 0.15) is 11.6 Å². The minimum Gasteiger partial charge on any atom is -0.310 e. The van der Waals surface area contributed by atoms with Crippen molar-refractivity contribution in [2.24, 2.45) is 0 Å². The van der Waals surface area contributed by atoms with Crippen LogP contribution in [0.4, 0.5) is 14.5 Å². The van der Waals surface area contributed by atoms with Gasteiger partial charge in [0.15, 0.2) is 0 Å². The minimum atomic E-state index is -3.90. The van der Waals surface area contributed by atoms with Crippen LogP contribution in [0.1, 0.15) is 5.56 Å². The van der Waals surface area contributed by atoms with E-state index in [0.717, 1.165) is 16.4 Å². The maximum Gasteiger partial charge on any atom is 0.243 e. The van der Waals surface area contributed by atoms with Crippen molar-refractivity contribution in [1.82, 2.24) is 4.31 Å². The van der Waals surface area contributed by atoms with E-state index < -0.39 is 34.1 Å². The number of carbonyl (C=O) groups excluding carboxylic acids is 1. The second-order valence-corrected chi connectivity index (χ2v) is 8.38. The SMILES string of the molecule is CN(CC(=O)N1CCc2c(F)cc(F)cc21)S(=O)(=O)c1ccc(Cl)cc1. The predicted octanol–water partition coefficient (Wildman–Crippen LogP) is 2.83.